The van der Waals surface area contributed by atoms with Crippen LogP contribution in [0.5, 0.6) is 0 Å². The van der Waals surface area contributed by atoms with Gasteiger partial charge in [-0.15, -0.1) is 11.6 Å². The highest BCUT2D eigenvalue weighted by Gasteiger charge is 2.09. The summed E-state index contributed by atoms with van der Waals surface area (Å²) in [5.74, 6) is -2.20. The van der Waals surface area contributed by atoms with E-state index in [2.05, 4.69) is 4.72 Å². The number of alkyl halides is 1. The first-order valence-electron chi connectivity index (χ1n) is 4.42. The molecule has 90 valence electrons. The van der Waals surface area contributed by atoms with Crippen molar-refractivity contribution in [3.05, 3.63) is 35.4 Å². The minimum absolute atomic E-state index is 0.0207. The van der Waals surface area contributed by atoms with Gasteiger partial charge in [0.05, 0.1) is 5.75 Å². The highest BCUT2D eigenvalue weighted by molar-refractivity contribution is 7.89. The summed E-state index contributed by atoms with van der Waals surface area (Å²) in [6.07, 6.45) is 0. The Morgan fingerprint density at radius 1 is 1.25 bits per heavy atom. The van der Waals surface area contributed by atoms with Crippen LogP contribution in [0.2, 0.25) is 0 Å². The van der Waals surface area contributed by atoms with Crippen LogP contribution in [0.4, 0.5) is 8.78 Å². The Morgan fingerprint density at radius 3 is 2.50 bits per heavy atom. The molecule has 3 nitrogen and oxygen atoms in total. The standard InChI is InChI=1S/C9H10ClF2NO2S/c10-3-4-16(14,15)13-6-7-1-2-8(11)9(12)5-7/h1-2,5,13H,3-4,6H2. The highest BCUT2D eigenvalue weighted by Crippen LogP contribution is 2.08. The van der Waals surface area contributed by atoms with Crippen molar-refractivity contribution in [3.63, 3.8) is 0 Å². The van der Waals surface area contributed by atoms with Crippen LogP contribution in [0.3, 0.4) is 0 Å². The van der Waals surface area contributed by atoms with E-state index in [4.69, 9.17) is 11.6 Å². The van der Waals surface area contributed by atoms with Crippen LogP contribution >= 0.6 is 11.6 Å². The van der Waals surface area contributed by atoms with Gasteiger partial charge in [0.15, 0.2) is 11.6 Å². The van der Waals surface area contributed by atoms with Gasteiger partial charge in [0, 0.05) is 12.4 Å². The van der Waals surface area contributed by atoms with Gasteiger partial charge in [-0.3, -0.25) is 0 Å². The van der Waals surface area contributed by atoms with E-state index in [0.717, 1.165) is 12.1 Å². The molecule has 0 saturated carbocycles. The molecule has 0 fully saturated rings. The van der Waals surface area contributed by atoms with Gasteiger partial charge in [0.2, 0.25) is 10.0 Å². The van der Waals surface area contributed by atoms with Gasteiger partial charge in [-0.25, -0.2) is 21.9 Å². The van der Waals surface area contributed by atoms with Crippen molar-refractivity contribution >= 4 is 21.6 Å². The molecule has 0 aliphatic carbocycles. The lowest BCUT2D eigenvalue weighted by atomic mass is 10.2. The van der Waals surface area contributed by atoms with Crippen LogP contribution in [-0.4, -0.2) is 20.1 Å². The monoisotopic (exact) mass is 269 g/mol. The van der Waals surface area contributed by atoms with Crippen molar-refractivity contribution in [1.82, 2.24) is 4.72 Å². The van der Waals surface area contributed by atoms with Gasteiger partial charge >= 0.3 is 0 Å². The average Bonchev–Trinajstić information content (AvgIpc) is 2.20. The molecule has 0 heterocycles. The van der Waals surface area contributed by atoms with Gasteiger partial charge in [0.1, 0.15) is 0 Å². The molecule has 0 amide bonds. The second-order valence-electron chi connectivity index (χ2n) is 3.08. The summed E-state index contributed by atoms with van der Waals surface area (Å²) >= 11 is 5.29. The number of sulfonamides is 1. The molecule has 16 heavy (non-hydrogen) atoms. The number of hydrogen-bond acceptors (Lipinski definition) is 2. The lowest BCUT2D eigenvalue weighted by molar-refractivity contribution is 0.506. The first-order valence-corrected chi connectivity index (χ1v) is 6.60. The fraction of sp³-hybridized carbons (Fsp3) is 0.333. The fourth-order valence-corrected chi connectivity index (χ4v) is 2.36. The molecule has 0 aliphatic rings. The Bertz CT molecular complexity index is 465. The zero-order chi connectivity index (χ0) is 12.2. The first-order chi connectivity index (χ1) is 7.44. The molecule has 1 aromatic rings. The van der Waals surface area contributed by atoms with Crippen molar-refractivity contribution < 1.29 is 17.2 Å². The van der Waals surface area contributed by atoms with Crippen LogP contribution in [0.1, 0.15) is 5.56 Å². The Labute approximate surface area is 97.5 Å². The van der Waals surface area contributed by atoms with Gasteiger partial charge in [0.25, 0.3) is 0 Å². The lowest BCUT2D eigenvalue weighted by Crippen LogP contribution is -2.26. The molecule has 0 bridgehead atoms. The molecular weight excluding hydrogens is 260 g/mol. The molecule has 0 spiro atoms. The Kier molecular flexibility index (Phi) is 4.64. The predicted octanol–water partition coefficient (Wildman–Crippen LogP) is 1.62. The van der Waals surface area contributed by atoms with Crippen molar-refractivity contribution in [2.24, 2.45) is 0 Å². The highest BCUT2D eigenvalue weighted by atomic mass is 35.5. The van der Waals surface area contributed by atoms with Crippen molar-refractivity contribution in [2.75, 3.05) is 11.6 Å². The number of rotatable bonds is 5. The van der Waals surface area contributed by atoms with E-state index in [1.807, 2.05) is 0 Å². The van der Waals surface area contributed by atoms with Crippen LogP contribution in [-0.2, 0) is 16.6 Å². The Morgan fingerprint density at radius 2 is 1.94 bits per heavy atom. The van der Waals surface area contributed by atoms with Crippen molar-refractivity contribution in [1.29, 1.82) is 0 Å². The summed E-state index contributed by atoms with van der Waals surface area (Å²) < 4.78 is 49.9. The second-order valence-corrected chi connectivity index (χ2v) is 5.38. The van der Waals surface area contributed by atoms with Gasteiger partial charge in [-0.05, 0) is 17.7 Å². The van der Waals surface area contributed by atoms with Crippen molar-refractivity contribution in [3.8, 4) is 0 Å². The van der Waals surface area contributed by atoms with Gasteiger partial charge in [-0.1, -0.05) is 6.07 Å². The summed E-state index contributed by atoms with van der Waals surface area (Å²) in [5.41, 5.74) is 0.344. The molecular formula is C9H10ClF2NO2S. The zero-order valence-electron chi connectivity index (χ0n) is 8.21. The fourth-order valence-electron chi connectivity index (χ4n) is 1.02. The smallest absolute Gasteiger partial charge is 0.212 e. The van der Waals surface area contributed by atoms with Crippen LogP contribution < -0.4 is 4.72 Å². The third-order valence-corrected chi connectivity index (χ3v) is 3.56. The Balaban J connectivity index is 2.65. The molecule has 7 heteroatoms. The molecule has 1 aromatic carbocycles. The maximum absolute atomic E-state index is 12.8. The normalized spacial score (nSPS) is 11.7. The summed E-state index contributed by atoms with van der Waals surface area (Å²) in [4.78, 5) is 0. The topological polar surface area (TPSA) is 46.2 Å². The minimum Gasteiger partial charge on any atom is -0.212 e. The molecule has 0 aliphatic heterocycles. The van der Waals surface area contributed by atoms with E-state index in [0.29, 0.717) is 5.56 Å². The second kappa shape index (κ2) is 5.56. The molecule has 1 rings (SSSR count). The lowest BCUT2D eigenvalue weighted by Gasteiger charge is -2.05. The van der Waals surface area contributed by atoms with E-state index in [1.54, 1.807) is 0 Å². The van der Waals surface area contributed by atoms with E-state index in [1.165, 1.54) is 6.07 Å². The molecule has 0 radical (unpaired) electrons. The van der Waals surface area contributed by atoms with Crippen LogP contribution in [0.15, 0.2) is 18.2 Å². The van der Waals surface area contributed by atoms with E-state index in [-0.39, 0.29) is 18.2 Å². The van der Waals surface area contributed by atoms with Gasteiger partial charge < -0.3 is 0 Å². The number of nitrogens with one attached hydrogen (secondary N) is 1. The Hall–Kier alpha value is -0.720. The minimum atomic E-state index is -3.45. The zero-order valence-corrected chi connectivity index (χ0v) is 9.78. The summed E-state index contributed by atoms with van der Waals surface area (Å²) in [6.45, 7) is -0.0869. The largest absolute Gasteiger partial charge is 0.213 e. The third-order valence-electron chi connectivity index (χ3n) is 1.83. The van der Waals surface area contributed by atoms with Crippen LogP contribution in [0.25, 0.3) is 0 Å². The number of benzene rings is 1. The third kappa shape index (κ3) is 4.03. The summed E-state index contributed by atoms with van der Waals surface area (Å²) in [5, 5.41) is 0. The number of hydrogen-bond donors (Lipinski definition) is 1. The maximum atomic E-state index is 12.8. The van der Waals surface area contributed by atoms with Crippen molar-refractivity contribution in [2.45, 2.75) is 6.54 Å². The molecule has 0 saturated heterocycles. The average molecular weight is 270 g/mol. The quantitative estimate of drug-likeness (QED) is 0.826. The first kappa shape index (κ1) is 13.3. The van der Waals surface area contributed by atoms with Crippen LogP contribution in [0, 0.1) is 11.6 Å². The SMILES string of the molecule is O=S(=O)(CCCl)NCc1ccc(F)c(F)c1. The van der Waals surface area contributed by atoms with E-state index in [9.17, 15) is 17.2 Å². The summed E-state index contributed by atoms with van der Waals surface area (Å²) in [6, 6.07) is 3.20. The van der Waals surface area contributed by atoms with Gasteiger partial charge in [-0.2, -0.15) is 0 Å². The molecule has 1 N–H and O–H groups in total. The van der Waals surface area contributed by atoms with E-state index >= 15 is 0 Å². The summed E-state index contributed by atoms with van der Waals surface area (Å²) in [7, 11) is -3.45. The number of halogens is 3. The molecule has 0 unspecified atom stereocenters. The molecule has 0 aromatic heterocycles. The molecule has 0 atom stereocenters. The predicted molar refractivity (Wildman–Crippen MR) is 57.7 cm³/mol. The van der Waals surface area contributed by atoms with E-state index < -0.39 is 21.7 Å². The maximum Gasteiger partial charge on any atom is 0.213 e.